The van der Waals surface area contributed by atoms with Gasteiger partial charge in [-0.1, -0.05) is 90.4 Å². The highest BCUT2D eigenvalue weighted by molar-refractivity contribution is 5.36. The molecular formula is C19H38N6. The summed E-state index contributed by atoms with van der Waals surface area (Å²) in [4.78, 5) is 11.8. The van der Waals surface area contributed by atoms with E-state index in [0.717, 1.165) is 13.0 Å². The first-order chi connectivity index (χ1) is 12.2. The maximum atomic E-state index is 5.53. The van der Waals surface area contributed by atoms with Crippen molar-refractivity contribution in [1.29, 1.82) is 0 Å². The Bertz CT molecular complexity index is 418. The van der Waals surface area contributed by atoms with Gasteiger partial charge in [-0.15, -0.1) is 0 Å². The number of hydrogen-bond donors (Lipinski definition) is 3. The van der Waals surface area contributed by atoms with Crippen LogP contribution in [0.4, 0.5) is 17.8 Å². The van der Waals surface area contributed by atoms with Crippen molar-refractivity contribution in [1.82, 2.24) is 15.0 Å². The van der Waals surface area contributed by atoms with Crippen molar-refractivity contribution >= 4 is 17.8 Å². The lowest BCUT2D eigenvalue weighted by molar-refractivity contribution is 0.537. The highest BCUT2D eigenvalue weighted by Gasteiger charge is 2.00. The van der Waals surface area contributed by atoms with Crippen LogP contribution in [-0.4, -0.2) is 21.5 Å². The lowest BCUT2D eigenvalue weighted by atomic mass is 10.0. The molecular weight excluding hydrogens is 312 g/mol. The summed E-state index contributed by atoms with van der Waals surface area (Å²) in [5, 5.41) is 3.15. The van der Waals surface area contributed by atoms with Crippen molar-refractivity contribution in [2.75, 3.05) is 23.3 Å². The molecule has 1 rings (SSSR count). The molecule has 0 aliphatic heterocycles. The normalized spacial score (nSPS) is 10.9. The van der Waals surface area contributed by atoms with Crippen LogP contribution in [0.3, 0.4) is 0 Å². The highest BCUT2D eigenvalue weighted by Crippen LogP contribution is 2.13. The molecule has 0 atom stereocenters. The molecule has 25 heavy (non-hydrogen) atoms. The van der Waals surface area contributed by atoms with Gasteiger partial charge >= 0.3 is 0 Å². The van der Waals surface area contributed by atoms with Crippen molar-refractivity contribution in [3.63, 3.8) is 0 Å². The molecule has 6 nitrogen and oxygen atoms in total. The molecule has 0 aliphatic rings. The Morgan fingerprint density at radius 1 is 0.600 bits per heavy atom. The standard InChI is InChI=1S/C19H38N6/c1-2-3-4-5-6-7-8-9-10-11-12-13-14-15-16-22-19-24-17(20)23-18(21)25-19/h2-16H2,1H3,(H5,20,21,22,23,24,25). The van der Waals surface area contributed by atoms with Crippen molar-refractivity contribution in [2.24, 2.45) is 0 Å². The van der Waals surface area contributed by atoms with Crippen LogP contribution in [-0.2, 0) is 0 Å². The van der Waals surface area contributed by atoms with Crippen molar-refractivity contribution < 1.29 is 0 Å². The van der Waals surface area contributed by atoms with Gasteiger partial charge in [0.1, 0.15) is 0 Å². The molecule has 0 amide bonds. The molecule has 0 aliphatic carbocycles. The second kappa shape index (κ2) is 14.7. The van der Waals surface area contributed by atoms with Crippen LogP contribution < -0.4 is 16.8 Å². The lowest BCUT2D eigenvalue weighted by Gasteiger charge is -2.06. The van der Waals surface area contributed by atoms with E-state index in [4.69, 9.17) is 11.5 Å². The molecule has 0 saturated heterocycles. The van der Waals surface area contributed by atoms with E-state index in [-0.39, 0.29) is 11.9 Å². The molecule has 0 radical (unpaired) electrons. The number of nitrogens with two attached hydrogens (primary N) is 2. The fourth-order valence-electron chi connectivity index (χ4n) is 3.01. The summed E-state index contributed by atoms with van der Waals surface area (Å²) in [5.74, 6) is 0.798. The molecule has 6 heteroatoms. The molecule has 1 aromatic heterocycles. The van der Waals surface area contributed by atoms with Gasteiger partial charge in [0.25, 0.3) is 0 Å². The summed E-state index contributed by atoms with van der Waals surface area (Å²) >= 11 is 0. The lowest BCUT2D eigenvalue weighted by Crippen LogP contribution is -2.10. The second-order valence-electron chi connectivity index (χ2n) is 6.90. The Balaban J connectivity index is 1.81. The van der Waals surface area contributed by atoms with E-state index in [1.54, 1.807) is 0 Å². The molecule has 5 N–H and O–H groups in total. The molecule has 0 aromatic carbocycles. The number of nitrogen functional groups attached to an aromatic ring is 2. The molecule has 1 heterocycles. The summed E-state index contributed by atoms with van der Waals surface area (Å²) in [5.41, 5.74) is 11.1. The van der Waals surface area contributed by atoms with Crippen LogP contribution in [0.15, 0.2) is 0 Å². The van der Waals surface area contributed by atoms with Gasteiger partial charge in [-0.2, -0.15) is 15.0 Å². The fourth-order valence-corrected chi connectivity index (χ4v) is 3.01. The number of rotatable bonds is 16. The van der Waals surface area contributed by atoms with Crippen molar-refractivity contribution in [3.05, 3.63) is 0 Å². The van der Waals surface area contributed by atoms with Gasteiger partial charge in [0.15, 0.2) is 0 Å². The number of unbranched alkanes of at least 4 members (excludes halogenated alkanes) is 13. The van der Waals surface area contributed by atoms with Crippen LogP contribution in [0.1, 0.15) is 96.8 Å². The van der Waals surface area contributed by atoms with Gasteiger partial charge in [0, 0.05) is 6.54 Å². The topological polar surface area (TPSA) is 103 Å². The van der Waals surface area contributed by atoms with E-state index in [0.29, 0.717) is 5.95 Å². The van der Waals surface area contributed by atoms with Crippen LogP contribution >= 0.6 is 0 Å². The Morgan fingerprint density at radius 3 is 1.44 bits per heavy atom. The molecule has 0 bridgehead atoms. The van der Waals surface area contributed by atoms with Gasteiger partial charge in [-0.05, 0) is 6.42 Å². The first kappa shape index (κ1) is 21.5. The number of hydrogen-bond acceptors (Lipinski definition) is 6. The zero-order valence-corrected chi connectivity index (χ0v) is 16.1. The van der Waals surface area contributed by atoms with Crippen LogP contribution in [0.5, 0.6) is 0 Å². The van der Waals surface area contributed by atoms with Gasteiger partial charge < -0.3 is 16.8 Å². The number of nitrogens with zero attached hydrogens (tertiary/aromatic N) is 3. The highest BCUT2D eigenvalue weighted by atomic mass is 15.2. The summed E-state index contributed by atoms with van der Waals surface area (Å²) in [7, 11) is 0. The number of nitrogens with one attached hydrogen (secondary N) is 1. The number of anilines is 3. The SMILES string of the molecule is CCCCCCCCCCCCCCCCNc1nc(N)nc(N)n1. The smallest absolute Gasteiger partial charge is 0.229 e. The molecule has 0 unspecified atom stereocenters. The second-order valence-corrected chi connectivity index (χ2v) is 6.90. The van der Waals surface area contributed by atoms with E-state index in [1.165, 1.54) is 83.5 Å². The van der Waals surface area contributed by atoms with Gasteiger partial charge in [-0.25, -0.2) is 0 Å². The van der Waals surface area contributed by atoms with Crippen LogP contribution in [0.25, 0.3) is 0 Å². The maximum absolute atomic E-state index is 5.53. The average molecular weight is 351 g/mol. The minimum absolute atomic E-state index is 0.163. The molecule has 144 valence electrons. The van der Waals surface area contributed by atoms with E-state index < -0.39 is 0 Å². The van der Waals surface area contributed by atoms with Gasteiger partial charge in [0.2, 0.25) is 17.8 Å². The molecule has 0 saturated carbocycles. The first-order valence-electron chi connectivity index (χ1n) is 10.2. The molecule has 0 fully saturated rings. The summed E-state index contributed by atoms with van der Waals surface area (Å²) < 4.78 is 0. The minimum Gasteiger partial charge on any atom is -0.368 e. The van der Waals surface area contributed by atoms with E-state index in [2.05, 4.69) is 27.2 Å². The Hall–Kier alpha value is -1.59. The third-order valence-electron chi connectivity index (χ3n) is 4.48. The minimum atomic E-state index is 0.163. The van der Waals surface area contributed by atoms with E-state index in [9.17, 15) is 0 Å². The third kappa shape index (κ3) is 12.4. The predicted molar refractivity (Wildman–Crippen MR) is 107 cm³/mol. The van der Waals surface area contributed by atoms with E-state index >= 15 is 0 Å². The van der Waals surface area contributed by atoms with Gasteiger partial charge in [-0.3, -0.25) is 0 Å². The Morgan fingerprint density at radius 2 is 1.00 bits per heavy atom. The van der Waals surface area contributed by atoms with Crippen molar-refractivity contribution in [2.45, 2.75) is 96.8 Å². The summed E-state index contributed by atoms with van der Waals surface area (Å²) in [6.07, 6.45) is 19.1. The number of aromatic nitrogens is 3. The zero-order valence-electron chi connectivity index (χ0n) is 16.1. The first-order valence-corrected chi connectivity index (χ1v) is 10.2. The fraction of sp³-hybridized carbons (Fsp3) is 0.842. The average Bonchev–Trinajstić information content (AvgIpc) is 2.57. The predicted octanol–water partition coefficient (Wildman–Crippen LogP) is 4.93. The Labute approximate surface area is 153 Å². The van der Waals surface area contributed by atoms with Gasteiger partial charge in [0.05, 0.1) is 0 Å². The largest absolute Gasteiger partial charge is 0.368 e. The third-order valence-corrected chi connectivity index (χ3v) is 4.48. The van der Waals surface area contributed by atoms with Crippen molar-refractivity contribution in [3.8, 4) is 0 Å². The maximum Gasteiger partial charge on any atom is 0.229 e. The van der Waals surface area contributed by atoms with Crippen LogP contribution in [0.2, 0.25) is 0 Å². The molecule has 1 aromatic rings. The summed E-state index contributed by atoms with van der Waals surface area (Å²) in [6, 6.07) is 0. The zero-order chi connectivity index (χ0) is 18.2. The Kier molecular flexibility index (Phi) is 12.6. The quantitative estimate of drug-likeness (QED) is 0.365. The summed E-state index contributed by atoms with van der Waals surface area (Å²) in [6.45, 7) is 3.12. The molecule has 0 spiro atoms. The monoisotopic (exact) mass is 350 g/mol. The van der Waals surface area contributed by atoms with Crippen LogP contribution in [0, 0.1) is 0 Å². The van der Waals surface area contributed by atoms with E-state index in [1.807, 2.05) is 0 Å².